The molecule has 354 valence electrons. The second-order valence-electron chi connectivity index (χ2n) is 14.6. The molecule has 0 saturated carbocycles. The van der Waals surface area contributed by atoms with Gasteiger partial charge >= 0.3 is 11.9 Å². The molecule has 0 radical (unpaired) electrons. The third-order valence-electron chi connectivity index (χ3n) is 9.67. The van der Waals surface area contributed by atoms with Crippen molar-refractivity contribution in [3.8, 4) is 17.2 Å². The highest BCUT2D eigenvalue weighted by Gasteiger charge is 2.29. The minimum absolute atomic E-state index is 0.0400. The molecule has 0 fully saturated rings. The van der Waals surface area contributed by atoms with Crippen molar-refractivity contribution in [3.63, 3.8) is 0 Å². The number of fused-ring (bicyclic) bond motifs is 2. The van der Waals surface area contributed by atoms with Gasteiger partial charge in [0.25, 0.3) is 10.1 Å². The molecule has 4 aromatic rings. The lowest BCUT2D eigenvalue weighted by Crippen LogP contribution is -2.37. The lowest BCUT2D eigenvalue weighted by atomic mass is 10.0. The Morgan fingerprint density at radius 1 is 0.609 bits per heavy atom. The predicted molar refractivity (Wildman–Crippen MR) is 235 cm³/mol. The molecule has 0 aliphatic rings. The van der Waals surface area contributed by atoms with Gasteiger partial charge in [-0.25, -0.2) is 9.59 Å². The number of pyridine rings is 1. The van der Waals surface area contributed by atoms with E-state index in [2.05, 4.69) is 0 Å². The second kappa shape index (κ2) is 27.1. The molecule has 0 amide bonds. The van der Waals surface area contributed by atoms with Crippen LogP contribution in [0, 0.1) is 13.8 Å². The van der Waals surface area contributed by atoms with Crippen molar-refractivity contribution < 1.29 is 84.0 Å². The van der Waals surface area contributed by atoms with Crippen molar-refractivity contribution in [2.45, 2.75) is 39.0 Å². The smallest absolute Gasteiger partial charge is 0.345 e. The zero-order valence-corrected chi connectivity index (χ0v) is 38.5. The number of hydrogen-bond donors (Lipinski definition) is 1. The summed E-state index contributed by atoms with van der Waals surface area (Å²) in [6, 6.07) is 13.5. The number of carbonyl (C=O) groups excluding carboxylic acids is 2. The second-order valence-corrected chi connectivity index (χ2v) is 16.2. The first-order chi connectivity index (χ1) is 30.8. The average molecular weight is 921 g/mol. The van der Waals surface area contributed by atoms with E-state index < -0.39 is 40.0 Å². The van der Waals surface area contributed by atoms with E-state index >= 15 is 0 Å². The van der Waals surface area contributed by atoms with Gasteiger partial charge in [0.2, 0.25) is 11.0 Å². The van der Waals surface area contributed by atoms with Crippen LogP contribution in [0.25, 0.3) is 21.8 Å². The number of aromatic nitrogens is 1. The Labute approximate surface area is 374 Å². The monoisotopic (exact) mass is 920 g/mol. The van der Waals surface area contributed by atoms with Gasteiger partial charge in [0.15, 0.2) is 6.54 Å². The van der Waals surface area contributed by atoms with Crippen LogP contribution in [0.1, 0.15) is 38.3 Å². The van der Waals surface area contributed by atoms with Crippen LogP contribution in [-0.4, -0.2) is 158 Å². The standard InChI is InChI=1S/C45H61NO17S/c1-31-23-33(44(47)56-7)24-32(2)43(31)63-45(48)42-38-25-34(61-36(27-57-18-14-52-3)28-58-19-15-53-4)9-11-40(38)46(13-8-22-64(49,50)51)41-12-10-35(26-39(41)42)62-37(29-59-20-16-54-5)30-60-21-17-55-6/h9-12,23-26,36-37H,8,13-22,27-30H2,1-7H3/p+1. The molecule has 0 aliphatic carbocycles. The Balaban J connectivity index is 1.94. The minimum atomic E-state index is -4.30. The number of carbonyl (C=O) groups is 2. The maximum absolute atomic E-state index is 14.9. The van der Waals surface area contributed by atoms with Crippen LogP contribution in [0.15, 0.2) is 48.5 Å². The fourth-order valence-corrected chi connectivity index (χ4v) is 7.22. The summed E-state index contributed by atoms with van der Waals surface area (Å²) in [5.74, 6) is -0.811. The van der Waals surface area contributed by atoms with Crippen LogP contribution in [0.2, 0.25) is 0 Å². The molecule has 0 bridgehead atoms. The SMILES string of the molecule is COCCOCC(COCCOC)Oc1ccc2c(c1)c(C(=O)Oc1c(C)cc(C(=O)OC)cc1C)c1cc(OC(COCCOC)COCCOC)ccc1[n+]2CCCS(=O)(=O)O. The molecule has 0 atom stereocenters. The van der Waals surface area contributed by atoms with Gasteiger partial charge in [0.1, 0.15) is 29.5 Å². The van der Waals surface area contributed by atoms with Crippen molar-refractivity contribution in [3.05, 3.63) is 70.8 Å². The first-order valence-electron chi connectivity index (χ1n) is 20.7. The molecule has 4 rings (SSSR count). The fraction of sp³-hybridized carbons (Fsp3) is 0.533. The van der Waals surface area contributed by atoms with E-state index in [9.17, 15) is 22.6 Å². The lowest BCUT2D eigenvalue weighted by Gasteiger charge is -2.21. The minimum Gasteiger partial charge on any atom is -0.486 e. The third kappa shape index (κ3) is 16.2. The highest BCUT2D eigenvalue weighted by atomic mass is 32.2. The summed E-state index contributed by atoms with van der Waals surface area (Å²) in [7, 11) is 3.29. The largest absolute Gasteiger partial charge is 0.486 e. The van der Waals surface area contributed by atoms with E-state index in [0.717, 1.165) is 0 Å². The van der Waals surface area contributed by atoms with Crippen molar-refractivity contribution in [1.29, 1.82) is 0 Å². The third-order valence-corrected chi connectivity index (χ3v) is 10.5. The first-order valence-corrected chi connectivity index (χ1v) is 22.3. The molecule has 19 heteroatoms. The van der Waals surface area contributed by atoms with Crippen LogP contribution in [0.5, 0.6) is 17.2 Å². The van der Waals surface area contributed by atoms with Crippen molar-refractivity contribution in [2.24, 2.45) is 0 Å². The first kappa shape index (κ1) is 52.1. The number of nitrogens with zero attached hydrogens (tertiary/aromatic N) is 1. The van der Waals surface area contributed by atoms with E-state index in [-0.39, 0.29) is 50.7 Å². The molecule has 1 N–H and O–H groups in total. The van der Waals surface area contributed by atoms with Gasteiger partial charge in [-0.3, -0.25) is 4.55 Å². The molecule has 1 heterocycles. The van der Waals surface area contributed by atoms with Crippen molar-refractivity contribution in [1.82, 2.24) is 0 Å². The molecule has 0 unspecified atom stereocenters. The van der Waals surface area contributed by atoms with Crippen LogP contribution in [-0.2, 0) is 59.3 Å². The van der Waals surface area contributed by atoms with E-state index in [1.54, 1.807) is 90.8 Å². The summed E-state index contributed by atoms with van der Waals surface area (Å²) in [5.41, 5.74) is 2.52. The number of aryl methyl sites for hydroxylation is 3. The predicted octanol–water partition coefficient (Wildman–Crippen LogP) is 4.33. The molecular weight excluding hydrogens is 859 g/mol. The van der Waals surface area contributed by atoms with E-state index in [1.807, 2.05) is 4.57 Å². The lowest BCUT2D eigenvalue weighted by molar-refractivity contribution is -0.645. The number of esters is 2. The Kier molecular flexibility index (Phi) is 22.0. The summed E-state index contributed by atoms with van der Waals surface area (Å²) < 4.78 is 103. The van der Waals surface area contributed by atoms with Crippen LogP contribution < -0.4 is 18.8 Å². The fourth-order valence-electron chi connectivity index (χ4n) is 6.72. The summed E-state index contributed by atoms with van der Waals surface area (Å²) in [6.07, 6.45) is -1.13. The number of methoxy groups -OCH3 is 5. The summed E-state index contributed by atoms with van der Waals surface area (Å²) >= 11 is 0. The van der Waals surface area contributed by atoms with E-state index in [4.69, 9.17) is 56.8 Å². The highest BCUT2D eigenvalue weighted by Crippen LogP contribution is 2.34. The molecule has 1 aromatic heterocycles. The topological polar surface area (TPSA) is 203 Å². The zero-order chi connectivity index (χ0) is 46.5. The summed E-state index contributed by atoms with van der Waals surface area (Å²) in [4.78, 5) is 27.3. The van der Waals surface area contributed by atoms with Gasteiger partial charge in [-0.15, -0.1) is 0 Å². The Hall–Kier alpha value is -4.54. The van der Waals surface area contributed by atoms with E-state index in [0.29, 0.717) is 103 Å². The molecule has 0 spiro atoms. The number of hydrogen-bond acceptors (Lipinski definition) is 16. The maximum Gasteiger partial charge on any atom is 0.345 e. The maximum atomic E-state index is 14.9. The van der Waals surface area contributed by atoms with Crippen molar-refractivity contribution >= 4 is 43.9 Å². The van der Waals surface area contributed by atoms with Gasteiger partial charge in [0.05, 0.1) is 114 Å². The molecule has 18 nitrogen and oxygen atoms in total. The molecular formula is C45H62NO17S+. The van der Waals surface area contributed by atoms with Crippen LogP contribution in [0.4, 0.5) is 0 Å². The van der Waals surface area contributed by atoms with Gasteiger partial charge in [-0.1, -0.05) is 0 Å². The Morgan fingerprint density at radius 2 is 1.03 bits per heavy atom. The van der Waals surface area contributed by atoms with Crippen LogP contribution in [0.3, 0.4) is 0 Å². The molecule has 64 heavy (non-hydrogen) atoms. The van der Waals surface area contributed by atoms with Crippen molar-refractivity contribution in [2.75, 3.05) is 121 Å². The molecule has 0 saturated heterocycles. The van der Waals surface area contributed by atoms with E-state index in [1.165, 1.54) is 7.11 Å². The van der Waals surface area contributed by atoms with Gasteiger partial charge in [-0.05, 0) is 61.4 Å². The normalized spacial score (nSPS) is 11.8. The van der Waals surface area contributed by atoms with Gasteiger partial charge < -0.3 is 56.8 Å². The average Bonchev–Trinajstić information content (AvgIpc) is 3.26. The summed E-state index contributed by atoms with van der Waals surface area (Å²) in [5, 5.41) is 0.782. The Morgan fingerprint density at radius 3 is 1.41 bits per heavy atom. The number of benzene rings is 3. The summed E-state index contributed by atoms with van der Waals surface area (Å²) in [6.45, 7) is 6.98. The van der Waals surface area contributed by atoms with Gasteiger partial charge in [0, 0.05) is 47.0 Å². The highest BCUT2D eigenvalue weighted by molar-refractivity contribution is 7.85. The Bertz CT molecular complexity index is 2080. The number of ether oxygens (including phenoxy) is 12. The molecule has 3 aromatic carbocycles. The van der Waals surface area contributed by atoms with Crippen LogP contribution >= 0.6 is 0 Å². The molecule has 0 aliphatic heterocycles. The number of rotatable bonds is 31. The zero-order valence-electron chi connectivity index (χ0n) is 37.7. The quantitative estimate of drug-likeness (QED) is 0.0186. The van der Waals surface area contributed by atoms with Gasteiger partial charge in [-0.2, -0.15) is 13.0 Å².